The highest BCUT2D eigenvalue weighted by Crippen LogP contribution is 2.10. The van der Waals surface area contributed by atoms with Crippen LogP contribution in [-0.2, 0) is 6.54 Å². The summed E-state index contributed by atoms with van der Waals surface area (Å²) in [6, 6.07) is 4.20. The van der Waals surface area contributed by atoms with Crippen LogP contribution < -0.4 is 10.2 Å². The third kappa shape index (κ3) is 3.51. The lowest BCUT2D eigenvalue weighted by molar-refractivity contribution is 0.547. The SMILES string of the molecule is Cc1nc(C(C)NCc2ccc(N(C)C)nc2)n[nH]1. The van der Waals surface area contributed by atoms with Gasteiger partial charge in [0.2, 0.25) is 0 Å². The smallest absolute Gasteiger partial charge is 0.167 e. The Bertz CT molecular complexity index is 516. The molecule has 6 nitrogen and oxygen atoms in total. The lowest BCUT2D eigenvalue weighted by Crippen LogP contribution is -2.19. The van der Waals surface area contributed by atoms with Gasteiger partial charge < -0.3 is 10.2 Å². The molecule has 0 saturated heterocycles. The fourth-order valence-corrected chi connectivity index (χ4v) is 1.70. The van der Waals surface area contributed by atoms with E-state index in [1.807, 2.05) is 45.1 Å². The molecular weight excluding hydrogens is 240 g/mol. The molecule has 0 bridgehead atoms. The number of rotatable bonds is 5. The Labute approximate surface area is 113 Å². The average Bonchev–Trinajstić information content (AvgIpc) is 2.83. The second-order valence-electron chi connectivity index (χ2n) is 4.80. The van der Waals surface area contributed by atoms with Gasteiger partial charge in [-0.3, -0.25) is 5.10 Å². The van der Waals surface area contributed by atoms with E-state index in [0.29, 0.717) is 0 Å². The topological polar surface area (TPSA) is 69.7 Å². The first-order valence-electron chi connectivity index (χ1n) is 6.31. The van der Waals surface area contributed by atoms with Crippen LogP contribution in [0, 0.1) is 6.92 Å². The van der Waals surface area contributed by atoms with Crippen molar-refractivity contribution in [1.29, 1.82) is 0 Å². The number of pyridine rings is 1. The normalized spacial score (nSPS) is 12.4. The van der Waals surface area contributed by atoms with Gasteiger partial charge in [0, 0.05) is 26.8 Å². The molecule has 102 valence electrons. The number of nitrogens with zero attached hydrogens (tertiary/aromatic N) is 4. The Morgan fingerprint density at radius 2 is 2.16 bits per heavy atom. The number of aromatic nitrogens is 4. The van der Waals surface area contributed by atoms with Crippen LogP contribution in [0.3, 0.4) is 0 Å². The zero-order chi connectivity index (χ0) is 13.8. The van der Waals surface area contributed by atoms with Crippen LogP contribution in [0.25, 0.3) is 0 Å². The van der Waals surface area contributed by atoms with Crippen molar-refractivity contribution in [1.82, 2.24) is 25.5 Å². The summed E-state index contributed by atoms with van der Waals surface area (Å²) in [6.07, 6.45) is 1.89. The maximum Gasteiger partial charge on any atom is 0.167 e. The van der Waals surface area contributed by atoms with E-state index < -0.39 is 0 Å². The molecule has 0 aliphatic rings. The first-order chi connectivity index (χ1) is 9.06. The molecule has 2 aromatic heterocycles. The molecule has 0 aromatic carbocycles. The molecule has 2 N–H and O–H groups in total. The summed E-state index contributed by atoms with van der Waals surface area (Å²) in [5, 5.41) is 10.4. The zero-order valence-electron chi connectivity index (χ0n) is 11.8. The highest BCUT2D eigenvalue weighted by Gasteiger charge is 2.09. The third-order valence-electron chi connectivity index (χ3n) is 2.88. The van der Waals surface area contributed by atoms with Gasteiger partial charge in [0.1, 0.15) is 11.6 Å². The van der Waals surface area contributed by atoms with Crippen LogP contribution in [0.2, 0.25) is 0 Å². The van der Waals surface area contributed by atoms with Crippen LogP contribution in [0.4, 0.5) is 5.82 Å². The lowest BCUT2D eigenvalue weighted by atomic mass is 10.2. The third-order valence-corrected chi connectivity index (χ3v) is 2.88. The highest BCUT2D eigenvalue weighted by molar-refractivity contribution is 5.37. The van der Waals surface area contributed by atoms with Crippen molar-refractivity contribution in [3.8, 4) is 0 Å². The first-order valence-corrected chi connectivity index (χ1v) is 6.31. The molecule has 2 aromatic rings. The molecule has 2 heterocycles. The van der Waals surface area contributed by atoms with Crippen molar-refractivity contribution in [3.63, 3.8) is 0 Å². The summed E-state index contributed by atoms with van der Waals surface area (Å²) in [5.74, 6) is 2.58. The van der Waals surface area contributed by atoms with E-state index in [2.05, 4.69) is 31.5 Å². The number of hydrogen-bond acceptors (Lipinski definition) is 5. The van der Waals surface area contributed by atoms with Crippen molar-refractivity contribution >= 4 is 5.82 Å². The minimum atomic E-state index is 0.110. The number of nitrogens with one attached hydrogen (secondary N) is 2. The van der Waals surface area contributed by atoms with E-state index >= 15 is 0 Å². The summed E-state index contributed by atoms with van der Waals surface area (Å²) in [6.45, 7) is 4.69. The standard InChI is InChI=1S/C13H20N6/c1-9(13-16-10(2)17-18-13)14-7-11-5-6-12(15-8-11)19(3)4/h5-6,8-9,14H,7H2,1-4H3,(H,16,17,18). The van der Waals surface area contributed by atoms with Crippen molar-refractivity contribution in [3.05, 3.63) is 35.5 Å². The Balaban J connectivity index is 1.91. The monoisotopic (exact) mass is 260 g/mol. The highest BCUT2D eigenvalue weighted by atomic mass is 15.2. The quantitative estimate of drug-likeness (QED) is 0.851. The Hall–Kier alpha value is -1.95. The fraction of sp³-hybridized carbons (Fsp3) is 0.462. The number of H-pyrrole nitrogens is 1. The number of anilines is 1. The minimum Gasteiger partial charge on any atom is -0.363 e. The summed E-state index contributed by atoms with van der Waals surface area (Å²) < 4.78 is 0. The molecule has 0 fully saturated rings. The molecule has 19 heavy (non-hydrogen) atoms. The average molecular weight is 260 g/mol. The molecule has 0 aliphatic heterocycles. The molecular formula is C13H20N6. The molecule has 0 aliphatic carbocycles. The van der Waals surface area contributed by atoms with Crippen molar-refractivity contribution < 1.29 is 0 Å². The van der Waals surface area contributed by atoms with E-state index in [0.717, 1.165) is 29.6 Å². The van der Waals surface area contributed by atoms with Crippen molar-refractivity contribution in [2.45, 2.75) is 26.4 Å². The molecule has 6 heteroatoms. The van der Waals surface area contributed by atoms with Gasteiger partial charge in [0.15, 0.2) is 5.82 Å². The predicted octanol–water partition coefficient (Wildman–Crippen LogP) is 1.42. The van der Waals surface area contributed by atoms with E-state index in [1.54, 1.807) is 0 Å². The predicted molar refractivity (Wildman–Crippen MR) is 74.9 cm³/mol. The number of aromatic amines is 1. The zero-order valence-corrected chi connectivity index (χ0v) is 11.8. The van der Waals surface area contributed by atoms with Crippen LogP contribution in [0.1, 0.15) is 30.2 Å². The molecule has 1 unspecified atom stereocenters. The summed E-state index contributed by atoms with van der Waals surface area (Å²) in [4.78, 5) is 10.7. The van der Waals surface area contributed by atoms with Gasteiger partial charge >= 0.3 is 0 Å². The Kier molecular flexibility index (Phi) is 4.11. The van der Waals surface area contributed by atoms with Gasteiger partial charge in [0.25, 0.3) is 0 Å². The second kappa shape index (κ2) is 5.79. The van der Waals surface area contributed by atoms with Crippen LogP contribution in [-0.4, -0.2) is 34.3 Å². The Morgan fingerprint density at radius 3 is 2.68 bits per heavy atom. The van der Waals surface area contributed by atoms with Gasteiger partial charge in [-0.05, 0) is 25.5 Å². The van der Waals surface area contributed by atoms with E-state index in [-0.39, 0.29) is 6.04 Å². The fourth-order valence-electron chi connectivity index (χ4n) is 1.70. The maximum absolute atomic E-state index is 4.38. The largest absolute Gasteiger partial charge is 0.363 e. The molecule has 0 spiro atoms. The minimum absolute atomic E-state index is 0.110. The van der Waals surface area contributed by atoms with Gasteiger partial charge in [-0.1, -0.05) is 6.07 Å². The van der Waals surface area contributed by atoms with Gasteiger partial charge in [-0.15, -0.1) is 0 Å². The maximum atomic E-state index is 4.38. The summed E-state index contributed by atoms with van der Waals surface area (Å²) in [7, 11) is 3.96. The van der Waals surface area contributed by atoms with Crippen LogP contribution >= 0.6 is 0 Å². The van der Waals surface area contributed by atoms with Crippen molar-refractivity contribution in [2.75, 3.05) is 19.0 Å². The van der Waals surface area contributed by atoms with E-state index in [1.165, 1.54) is 0 Å². The van der Waals surface area contributed by atoms with Gasteiger partial charge in [-0.2, -0.15) is 5.10 Å². The van der Waals surface area contributed by atoms with Crippen LogP contribution in [0.5, 0.6) is 0 Å². The molecule has 0 saturated carbocycles. The lowest BCUT2D eigenvalue weighted by Gasteiger charge is -2.13. The summed E-state index contributed by atoms with van der Waals surface area (Å²) >= 11 is 0. The molecule has 0 radical (unpaired) electrons. The summed E-state index contributed by atoms with van der Waals surface area (Å²) in [5.41, 5.74) is 1.14. The van der Waals surface area contributed by atoms with Gasteiger partial charge in [0.05, 0.1) is 6.04 Å². The number of hydrogen-bond donors (Lipinski definition) is 2. The number of aryl methyl sites for hydroxylation is 1. The molecule has 0 amide bonds. The first kappa shape index (κ1) is 13.5. The molecule has 2 rings (SSSR count). The Morgan fingerprint density at radius 1 is 1.37 bits per heavy atom. The molecule has 1 atom stereocenters. The van der Waals surface area contributed by atoms with Crippen molar-refractivity contribution in [2.24, 2.45) is 0 Å². The second-order valence-corrected chi connectivity index (χ2v) is 4.80. The van der Waals surface area contributed by atoms with E-state index in [9.17, 15) is 0 Å². The van der Waals surface area contributed by atoms with E-state index in [4.69, 9.17) is 0 Å². The van der Waals surface area contributed by atoms with Crippen LogP contribution in [0.15, 0.2) is 18.3 Å². The van der Waals surface area contributed by atoms with Gasteiger partial charge in [-0.25, -0.2) is 9.97 Å².